The van der Waals surface area contributed by atoms with Crippen LogP contribution in [0.2, 0.25) is 0 Å². The highest BCUT2D eigenvalue weighted by Gasteiger charge is 2.03. The number of nitrogens with zero attached hydrogens (tertiary/aromatic N) is 1. The molecule has 2 nitrogen and oxygen atoms in total. The van der Waals surface area contributed by atoms with Crippen LogP contribution in [-0.2, 0) is 5.33 Å². The highest BCUT2D eigenvalue weighted by molar-refractivity contribution is 9.08. The predicted molar refractivity (Wildman–Crippen MR) is 56.7 cm³/mol. The topological polar surface area (TPSA) is 28.7 Å². The van der Waals surface area contributed by atoms with Gasteiger partial charge in [-0.1, -0.05) is 40.2 Å². The Hall–Kier alpha value is -1.09. The summed E-state index contributed by atoms with van der Waals surface area (Å²) in [7, 11) is 0. The van der Waals surface area contributed by atoms with E-state index >= 15 is 0 Å². The van der Waals surface area contributed by atoms with E-state index in [0.29, 0.717) is 0 Å². The molecular weight excluding hydrogens is 228 g/mol. The highest BCUT2D eigenvalue weighted by Crippen LogP contribution is 2.21. The van der Waals surface area contributed by atoms with Gasteiger partial charge < -0.3 is 4.98 Å². The monoisotopic (exact) mass is 236 g/mol. The number of imidazole rings is 1. The predicted octanol–water partition coefficient (Wildman–Crippen LogP) is 2.97. The summed E-state index contributed by atoms with van der Waals surface area (Å²) in [5.41, 5.74) is 2.40. The first-order valence-corrected chi connectivity index (χ1v) is 5.17. The van der Waals surface area contributed by atoms with Crippen molar-refractivity contribution in [2.45, 2.75) is 5.33 Å². The lowest BCUT2D eigenvalue weighted by Crippen LogP contribution is -1.86. The molecule has 0 fully saturated rings. The quantitative estimate of drug-likeness (QED) is 0.799. The van der Waals surface area contributed by atoms with Gasteiger partial charge in [-0.05, 0) is 5.56 Å². The summed E-state index contributed by atoms with van der Waals surface area (Å²) in [5.74, 6) is 0.926. The van der Waals surface area contributed by atoms with Crippen molar-refractivity contribution in [2.75, 3.05) is 0 Å². The Morgan fingerprint density at radius 1 is 1.31 bits per heavy atom. The summed E-state index contributed by atoms with van der Waals surface area (Å²) in [6, 6.07) is 8.20. The number of aromatic amines is 1. The number of rotatable bonds is 2. The summed E-state index contributed by atoms with van der Waals surface area (Å²) < 4.78 is 0. The van der Waals surface area contributed by atoms with E-state index in [1.165, 1.54) is 5.56 Å². The minimum absolute atomic E-state index is 0.851. The first-order chi connectivity index (χ1) is 6.42. The van der Waals surface area contributed by atoms with Gasteiger partial charge >= 0.3 is 0 Å². The molecule has 2 rings (SSSR count). The van der Waals surface area contributed by atoms with Gasteiger partial charge in [-0.15, -0.1) is 0 Å². The van der Waals surface area contributed by atoms with Crippen molar-refractivity contribution in [1.82, 2.24) is 9.97 Å². The van der Waals surface area contributed by atoms with Crippen LogP contribution in [0, 0.1) is 0 Å². The third-order valence-electron chi connectivity index (χ3n) is 1.91. The first kappa shape index (κ1) is 8.51. The van der Waals surface area contributed by atoms with E-state index in [2.05, 4.69) is 38.0 Å². The molecular formula is C10H9BrN2. The molecule has 0 aliphatic heterocycles. The van der Waals surface area contributed by atoms with Gasteiger partial charge in [-0.2, -0.15) is 0 Å². The van der Waals surface area contributed by atoms with Crippen LogP contribution in [0.25, 0.3) is 11.4 Å². The van der Waals surface area contributed by atoms with Crippen LogP contribution in [0.5, 0.6) is 0 Å². The molecule has 0 aliphatic carbocycles. The van der Waals surface area contributed by atoms with Crippen molar-refractivity contribution >= 4 is 15.9 Å². The summed E-state index contributed by atoms with van der Waals surface area (Å²) in [6.45, 7) is 0. The van der Waals surface area contributed by atoms with Gasteiger partial charge in [-0.3, -0.25) is 0 Å². The smallest absolute Gasteiger partial charge is 0.137 e. The van der Waals surface area contributed by atoms with Crippen LogP contribution in [0.4, 0.5) is 0 Å². The molecule has 0 atom stereocenters. The third kappa shape index (κ3) is 1.65. The van der Waals surface area contributed by atoms with E-state index in [-0.39, 0.29) is 0 Å². The van der Waals surface area contributed by atoms with Gasteiger partial charge in [0.2, 0.25) is 0 Å². The van der Waals surface area contributed by atoms with Crippen molar-refractivity contribution in [2.24, 2.45) is 0 Å². The highest BCUT2D eigenvalue weighted by atomic mass is 79.9. The lowest BCUT2D eigenvalue weighted by molar-refractivity contribution is 1.28. The Morgan fingerprint density at radius 2 is 2.15 bits per heavy atom. The Morgan fingerprint density at radius 3 is 2.85 bits per heavy atom. The Balaban J connectivity index is 2.51. The number of hydrogen-bond acceptors (Lipinski definition) is 1. The summed E-state index contributed by atoms with van der Waals surface area (Å²) >= 11 is 3.45. The molecule has 66 valence electrons. The Bertz CT molecular complexity index is 382. The van der Waals surface area contributed by atoms with E-state index in [1.54, 1.807) is 6.20 Å². The van der Waals surface area contributed by atoms with E-state index in [4.69, 9.17) is 0 Å². The van der Waals surface area contributed by atoms with Crippen molar-refractivity contribution in [3.8, 4) is 11.4 Å². The molecule has 0 saturated carbocycles. The average molecular weight is 237 g/mol. The molecule has 0 spiro atoms. The second kappa shape index (κ2) is 3.75. The summed E-state index contributed by atoms with van der Waals surface area (Å²) in [4.78, 5) is 7.31. The fourth-order valence-corrected chi connectivity index (χ4v) is 1.77. The number of nitrogens with one attached hydrogen (secondary N) is 1. The molecule has 0 saturated heterocycles. The number of aromatic nitrogens is 2. The molecule has 2 aromatic rings. The minimum Gasteiger partial charge on any atom is -0.345 e. The van der Waals surface area contributed by atoms with Crippen LogP contribution < -0.4 is 0 Å². The Labute approximate surface area is 85.1 Å². The number of hydrogen-bond donors (Lipinski definition) is 1. The number of benzene rings is 1. The number of H-pyrrole nitrogens is 1. The standard InChI is InChI=1S/C10H9BrN2/c11-7-8-3-1-2-4-9(8)10-12-5-6-13-10/h1-6H,7H2,(H,12,13). The number of halogens is 1. The Kier molecular flexibility index (Phi) is 2.45. The van der Waals surface area contributed by atoms with Crippen LogP contribution in [0.1, 0.15) is 5.56 Å². The zero-order chi connectivity index (χ0) is 9.10. The molecule has 0 aliphatic rings. The van der Waals surface area contributed by atoms with Crippen LogP contribution in [0.15, 0.2) is 36.7 Å². The van der Waals surface area contributed by atoms with Crippen molar-refractivity contribution in [3.05, 3.63) is 42.2 Å². The second-order valence-corrected chi connectivity index (χ2v) is 3.29. The average Bonchev–Trinajstić information content (AvgIpc) is 2.70. The normalized spacial score (nSPS) is 10.2. The molecule has 3 heteroatoms. The molecule has 0 amide bonds. The lowest BCUT2D eigenvalue weighted by Gasteiger charge is -2.02. The lowest BCUT2D eigenvalue weighted by atomic mass is 10.1. The van der Waals surface area contributed by atoms with Crippen LogP contribution in [0.3, 0.4) is 0 Å². The fraction of sp³-hybridized carbons (Fsp3) is 0.100. The maximum absolute atomic E-state index is 4.22. The summed E-state index contributed by atoms with van der Waals surface area (Å²) in [5, 5.41) is 0.851. The van der Waals surface area contributed by atoms with Gasteiger partial charge in [-0.25, -0.2) is 4.98 Å². The largest absolute Gasteiger partial charge is 0.345 e. The van der Waals surface area contributed by atoms with E-state index < -0.39 is 0 Å². The molecule has 1 aromatic heterocycles. The van der Waals surface area contributed by atoms with Crippen LogP contribution >= 0.6 is 15.9 Å². The maximum Gasteiger partial charge on any atom is 0.137 e. The zero-order valence-electron chi connectivity index (χ0n) is 7.00. The summed E-state index contributed by atoms with van der Waals surface area (Å²) in [6.07, 6.45) is 3.60. The van der Waals surface area contributed by atoms with E-state index in [9.17, 15) is 0 Å². The fourth-order valence-electron chi connectivity index (χ4n) is 1.28. The SMILES string of the molecule is BrCc1ccccc1-c1ncc[nH]1. The number of alkyl halides is 1. The molecule has 13 heavy (non-hydrogen) atoms. The maximum atomic E-state index is 4.22. The van der Waals surface area contributed by atoms with E-state index in [0.717, 1.165) is 16.7 Å². The van der Waals surface area contributed by atoms with Gasteiger partial charge in [0.25, 0.3) is 0 Å². The van der Waals surface area contributed by atoms with Gasteiger partial charge in [0.05, 0.1) is 0 Å². The third-order valence-corrected chi connectivity index (χ3v) is 2.52. The van der Waals surface area contributed by atoms with Crippen molar-refractivity contribution < 1.29 is 0 Å². The van der Waals surface area contributed by atoms with Crippen LogP contribution in [-0.4, -0.2) is 9.97 Å². The molecule has 0 bridgehead atoms. The first-order valence-electron chi connectivity index (χ1n) is 4.05. The van der Waals surface area contributed by atoms with Gasteiger partial charge in [0.15, 0.2) is 0 Å². The van der Waals surface area contributed by atoms with Crippen molar-refractivity contribution in [3.63, 3.8) is 0 Å². The van der Waals surface area contributed by atoms with Gasteiger partial charge in [0.1, 0.15) is 5.82 Å². The molecule has 1 aromatic carbocycles. The van der Waals surface area contributed by atoms with Crippen molar-refractivity contribution in [1.29, 1.82) is 0 Å². The molecule has 0 unspecified atom stereocenters. The minimum atomic E-state index is 0.851. The second-order valence-electron chi connectivity index (χ2n) is 2.73. The molecule has 0 radical (unpaired) electrons. The van der Waals surface area contributed by atoms with E-state index in [1.807, 2.05) is 18.3 Å². The van der Waals surface area contributed by atoms with Gasteiger partial charge in [0, 0.05) is 23.3 Å². The molecule has 1 N–H and O–H groups in total. The molecule has 1 heterocycles. The zero-order valence-corrected chi connectivity index (χ0v) is 8.58.